The molecule has 0 bridgehead atoms. The largest absolute Gasteiger partial charge is 0.496 e. The Morgan fingerprint density at radius 3 is 2.70 bits per heavy atom. The van der Waals surface area contributed by atoms with Crippen LogP contribution in [0.2, 0.25) is 0 Å². The van der Waals surface area contributed by atoms with Crippen LogP contribution in [0.3, 0.4) is 0 Å². The summed E-state index contributed by atoms with van der Waals surface area (Å²) in [5, 5.41) is 9.05. The second-order valence-electron chi connectivity index (χ2n) is 5.13. The summed E-state index contributed by atoms with van der Waals surface area (Å²) in [6, 6.07) is 20.1. The van der Waals surface area contributed by atoms with Gasteiger partial charge in [0.1, 0.15) is 11.8 Å². The molecule has 0 aliphatic heterocycles. The molecular weight excluding hydrogens is 352 g/mol. The van der Waals surface area contributed by atoms with E-state index >= 15 is 0 Å². The van der Waals surface area contributed by atoms with Gasteiger partial charge < -0.3 is 9.30 Å². The first-order chi connectivity index (χ1) is 11.2. The van der Waals surface area contributed by atoms with Crippen molar-refractivity contribution in [3.8, 4) is 17.5 Å². The van der Waals surface area contributed by atoms with Gasteiger partial charge in [0.05, 0.1) is 12.7 Å². The van der Waals surface area contributed by atoms with Crippen molar-refractivity contribution in [1.29, 1.82) is 5.26 Å². The molecule has 1 heterocycles. The number of hydrogen-bond donors (Lipinski definition) is 0. The first-order valence-corrected chi connectivity index (χ1v) is 8.00. The Morgan fingerprint density at radius 1 is 1.13 bits per heavy atom. The van der Waals surface area contributed by atoms with Crippen LogP contribution in [0.1, 0.15) is 16.8 Å². The molecule has 3 rings (SSSR count). The molecule has 114 valence electrons. The molecule has 2 aromatic carbocycles. The highest BCUT2D eigenvalue weighted by atomic mass is 79.9. The topological polar surface area (TPSA) is 38.0 Å². The second kappa shape index (κ2) is 6.72. The van der Waals surface area contributed by atoms with Gasteiger partial charge in [-0.3, -0.25) is 0 Å². The van der Waals surface area contributed by atoms with Gasteiger partial charge in [0.25, 0.3) is 0 Å². The van der Waals surface area contributed by atoms with Crippen LogP contribution in [0.5, 0.6) is 5.75 Å². The Balaban J connectivity index is 1.97. The van der Waals surface area contributed by atoms with E-state index in [1.54, 1.807) is 7.11 Å². The average molecular weight is 367 g/mol. The van der Waals surface area contributed by atoms with Gasteiger partial charge >= 0.3 is 0 Å². The van der Waals surface area contributed by atoms with Crippen LogP contribution in [0.4, 0.5) is 0 Å². The van der Waals surface area contributed by atoms with Gasteiger partial charge in [-0.25, -0.2) is 0 Å². The fourth-order valence-corrected chi connectivity index (χ4v) is 3.06. The van der Waals surface area contributed by atoms with Crippen molar-refractivity contribution in [2.75, 3.05) is 7.11 Å². The maximum atomic E-state index is 9.05. The number of nitrogens with zero attached hydrogens (tertiary/aromatic N) is 2. The summed E-state index contributed by atoms with van der Waals surface area (Å²) < 4.78 is 8.36. The molecule has 0 amide bonds. The highest BCUT2D eigenvalue weighted by molar-refractivity contribution is 9.10. The lowest BCUT2D eigenvalue weighted by molar-refractivity contribution is 0.410. The maximum absolute atomic E-state index is 9.05. The van der Waals surface area contributed by atoms with E-state index < -0.39 is 0 Å². The van der Waals surface area contributed by atoms with Crippen LogP contribution in [0.25, 0.3) is 5.69 Å². The third kappa shape index (κ3) is 3.15. The minimum atomic E-state index is 0.632. The average Bonchev–Trinajstić information content (AvgIpc) is 3.03. The van der Waals surface area contributed by atoms with E-state index in [1.807, 2.05) is 48.7 Å². The molecule has 0 saturated carbocycles. The van der Waals surface area contributed by atoms with E-state index in [-0.39, 0.29) is 0 Å². The fourth-order valence-electron chi connectivity index (χ4n) is 2.60. The number of aromatic nitrogens is 1. The van der Waals surface area contributed by atoms with E-state index in [0.717, 1.165) is 33.6 Å². The summed E-state index contributed by atoms with van der Waals surface area (Å²) in [5.41, 5.74) is 3.95. The summed E-state index contributed by atoms with van der Waals surface area (Å²) in [5.74, 6) is 0.890. The van der Waals surface area contributed by atoms with E-state index in [9.17, 15) is 0 Å². The van der Waals surface area contributed by atoms with Crippen LogP contribution in [-0.4, -0.2) is 11.7 Å². The third-order valence-corrected chi connectivity index (χ3v) is 4.40. The summed E-state index contributed by atoms with van der Waals surface area (Å²) >= 11 is 3.45. The second-order valence-corrected chi connectivity index (χ2v) is 5.99. The smallest absolute Gasteiger partial charge is 0.122 e. The highest BCUT2D eigenvalue weighted by Gasteiger charge is 2.09. The molecule has 0 spiro atoms. The molecule has 0 radical (unpaired) electrons. The van der Waals surface area contributed by atoms with Crippen LogP contribution >= 0.6 is 15.9 Å². The molecule has 1 aromatic heterocycles. The first-order valence-electron chi connectivity index (χ1n) is 7.21. The number of rotatable bonds is 4. The van der Waals surface area contributed by atoms with Crippen LogP contribution in [-0.2, 0) is 6.42 Å². The Morgan fingerprint density at radius 2 is 1.96 bits per heavy atom. The van der Waals surface area contributed by atoms with Crippen molar-refractivity contribution in [2.24, 2.45) is 0 Å². The molecule has 0 unspecified atom stereocenters. The van der Waals surface area contributed by atoms with Crippen molar-refractivity contribution < 1.29 is 4.74 Å². The van der Waals surface area contributed by atoms with Crippen LogP contribution in [0.15, 0.2) is 65.3 Å². The van der Waals surface area contributed by atoms with E-state index in [1.165, 1.54) is 0 Å². The van der Waals surface area contributed by atoms with Gasteiger partial charge in [-0.05, 0) is 57.9 Å². The number of para-hydroxylation sites is 1. The molecule has 3 nitrogen and oxygen atoms in total. The van der Waals surface area contributed by atoms with E-state index in [2.05, 4.69) is 38.7 Å². The zero-order chi connectivity index (χ0) is 16.2. The highest BCUT2D eigenvalue weighted by Crippen LogP contribution is 2.25. The Kier molecular flexibility index (Phi) is 4.50. The van der Waals surface area contributed by atoms with Gasteiger partial charge in [0.2, 0.25) is 0 Å². The molecule has 0 atom stereocenters. The number of ether oxygens (including phenoxy) is 1. The Labute approximate surface area is 143 Å². The summed E-state index contributed by atoms with van der Waals surface area (Å²) in [6.45, 7) is 0. The van der Waals surface area contributed by atoms with Crippen molar-refractivity contribution in [2.45, 2.75) is 6.42 Å². The summed E-state index contributed by atoms with van der Waals surface area (Å²) in [6.07, 6.45) is 2.80. The Bertz CT molecular complexity index is 877. The number of nitriles is 1. The lowest BCUT2D eigenvalue weighted by Crippen LogP contribution is -2.01. The minimum absolute atomic E-state index is 0.632. The van der Waals surface area contributed by atoms with Gasteiger partial charge in [-0.2, -0.15) is 5.26 Å². The summed E-state index contributed by atoms with van der Waals surface area (Å²) in [4.78, 5) is 0. The maximum Gasteiger partial charge on any atom is 0.122 e. The lowest BCUT2D eigenvalue weighted by atomic mass is 10.1. The fraction of sp³-hybridized carbons (Fsp3) is 0.105. The molecule has 0 aliphatic carbocycles. The number of halogens is 1. The zero-order valence-corrected chi connectivity index (χ0v) is 14.2. The standard InChI is InChI=1S/C19H15BrN2O/c1-23-19-7-3-2-5-14(19)11-16-6-4-10-22(16)17-9-8-15(13-21)18(20)12-17/h2-10,12H,11H2,1H3. The molecule has 0 aliphatic rings. The molecule has 23 heavy (non-hydrogen) atoms. The summed E-state index contributed by atoms with van der Waals surface area (Å²) in [7, 11) is 1.69. The van der Waals surface area contributed by atoms with E-state index in [4.69, 9.17) is 10.00 Å². The number of methoxy groups -OCH3 is 1. The minimum Gasteiger partial charge on any atom is -0.496 e. The molecule has 4 heteroatoms. The molecule has 3 aromatic rings. The van der Waals surface area contributed by atoms with Gasteiger partial charge in [-0.1, -0.05) is 18.2 Å². The lowest BCUT2D eigenvalue weighted by Gasteiger charge is -2.12. The van der Waals surface area contributed by atoms with Crippen molar-refractivity contribution in [3.05, 3.63) is 82.1 Å². The van der Waals surface area contributed by atoms with E-state index in [0.29, 0.717) is 5.56 Å². The third-order valence-electron chi connectivity index (χ3n) is 3.75. The van der Waals surface area contributed by atoms with Crippen LogP contribution < -0.4 is 4.74 Å². The molecule has 0 saturated heterocycles. The predicted octanol–water partition coefficient (Wildman–Crippen LogP) is 4.71. The Hall–Kier alpha value is -2.51. The quantitative estimate of drug-likeness (QED) is 0.670. The number of benzene rings is 2. The molecular formula is C19H15BrN2O. The molecule has 0 fully saturated rings. The van der Waals surface area contributed by atoms with Gasteiger partial charge in [0.15, 0.2) is 0 Å². The first kappa shape index (κ1) is 15.4. The monoisotopic (exact) mass is 366 g/mol. The van der Waals surface area contributed by atoms with Crippen molar-refractivity contribution in [3.63, 3.8) is 0 Å². The van der Waals surface area contributed by atoms with Crippen molar-refractivity contribution in [1.82, 2.24) is 4.57 Å². The van der Waals surface area contributed by atoms with Crippen LogP contribution in [0, 0.1) is 11.3 Å². The normalized spacial score (nSPS) is 10.3. The van der Waals surface area contributed by atoms with Crippen molar-refractivity contribution >= 4 is 15.9 Å². The zero-order valence-electron chi connectivity index (χ0n) is 12.7. The SMILES string of the molecule is COc1ccccc1Cc1cccn1-c1ccc(C#N)c(Br)c1. The van der Waals surface area contributed by atoms with Gasteiger partial charge in [0, 0.05) is 28.5 Å². The van der Waals surface area contributed by atoms with Gasteiger partial charge in [-0.15, -0.1) is 0 Å². The predicted molar refractivity (Wildman–Crippen MR) is 94.0 cm³/mol. The number of hydrogen-bond acceptors (Lipinski definition) is 2. The molecule has 0 N–H and O–H groups in total.